The molecule has 0 spiro atoms. The van der Waals surface area contributed by atoms with Crippen molar-refractivity contribution < 1.29 is 29.3 Å². The fraction of sp³-hybridized carbons (Fsp3) is 0.812. The van der Waals surface area contributed by atoms with E-state index >= 15 is 0 Å². The van der Waals surface area contributed by atoms with E-state index in [0.29, 0.717) is 6.04 Å². The van der Waals surface area contributed by atoms with E-state index in [4.69, 9.17) is 0 Å². The average Bonchev–Trinajstić information content (AvgIpc) is 2.80. The molecule has 0 aliphatic rings. The molecular weight excluding hydrogens is 483 g/mol. The number of unbranched alkanes of at least 4 members (excludes halogenated alkanes) is 15. The molecular formula is C32H62Cl2N2. The third-order valence-corrected chi connectivity index (χ3v) is 7.86. The van der Waals surface area contributed by atoms with E-state index in [1.54, 1.807) is 0 Å². The quantitative estimate of drug-likeness (QED) is 0.155. The maximum atomic E-state index is 2.42. The molecule has 0 N–H and O–H groups in total. The van der Waals surface area contributed by atoms with Crippen LogP contribution in [0.4, 0.5) is 5.69 Å². The summed E-state index contributed by atoms with van der Waals surface area (Å²) in [6.07, 6.45) is 25.8. The number of hydrogen-bond donors (Lipinski definition) is 0. The van der Waals surface area contributed by atoms with E-state index < -0.39 is 0 Å². The lowest BCUT2D eigenvalue weighted by atomic mass is 9.99. The molecule has 0 aliphatic carbocycles. The Kier molecular flexibility index (Phi) is 23.9. The summed E-state index contributed by atoms with van der Waals surface area (Å²) in [7, 11) is 11.8. The Morgan fingerprint density at radius 1 is 0.528 bits per heavy atom. The molecule has 1 atom stereocenters. The van der Waals surface area contributed by atoms with Crippen LogP contribution in [0.2, 0.25) is 0 Å². The highest BCUT2D eigenvalue weighted by atomic mass is 35.5. The summed E-state index contributed by atoms with van der Waals surface area (Å²) in [5, 5.41) is 0. The Balaban J connectivity index is 0. The van der Waals surface area contributed by atoms with Crippen molar-refractivity contribution in [1.29, 1.82) is 0 Å². The van der Waals surface area contributed by atoms with E-state index in [1.807, 2.05) is 0 Å². The van der Waals surface area contributed by atoms with Gasteiger partial charge in [0.2, 0.25) is 0 Å². The zero-order valence-electron chi connectivity index (χ0n) is 25.0. The molecule has 0 fully saturated rings. The average molecular weight is 546 g/mol. The van der Waals surface area contributed by atoms with Crippen LogP contribution in [0.1, 0.15) is 122 Å². The summed E-state index contributed by atoms with van der Waals surface area (Å²) in [5.41, 5.74) is 1.45. The first-order chi connectivity index (χ1) is 16.3. The van der Waals surface area contributed by atoms with Gasteiger partial charge in [-0.3, -0.25) is 4.48 Å². The molecule has 36 heavy (non-hydrogen) atoms. The zero-order valence-corrected chi connectivity index (χ0v) is 26.6. The Hall–Kier alpha value is -0.280. The van der Waals surface area contributed by atoms with Crippen LogP contribution in [-0.2, 0) is 0 Å². The van der Waals surface area contributed by atoms with Gasteiger partial charge < -0.3 is 29.3 Å². The summed E-state index contributed by atoms with van der Waals surface area (Å²) < 4.78 is 2.07. The lowest BCUT2D eigenvalue weighted by Crippen LogP contribution is -3.00. The molecule has 4 heteroatoms. The third-order valence-electron chi connectivity index (χ3n) is 7.86. The zero-order chi connectivity index (χ0) is 25.1. The topological polar surface area (TPSA) is 0 Å². The first-order valence-corrected chi connectivity index (χ1v) is 15.0. The van der Waals surface area contributed by atoms with Crippen molar-refractivity contribution in [2.75, 3.05) is 41.8 Å². The van der Waals surface area contributed by atoms with Gasteiger partial charge in [0.05, 0.1) is 47.8 Å². The minimum absolute atomic E-state index is 0. The first-order valence-electron chi connectivity index (χ1n) is 15.0. The summed E-state index contributed by atoms with van der Waals surface area (Å²) in [5.74, 6) is 0. The number of nitrogens with zero attached hydrogens (tertiary/aromatic N) is 2. The monoisotopic (exact) mass is 544 g/mol. The van der Waals surface area contributed by atoms with Gasteiger partial charge in [-0.05, 0) is 18.6 Å². The molecule has 0 amide bonds. The van der Waals surface area contributed by atoms with Crippen LogP contribution < -0.4 is 29.3 Å². The van der Waals surface area contributed by atoms with Crippen LogP contribution in [0.15, 0.2) is 30.3 Å². The van der Waals surface area contributed by atoms with Gasteiger partial charge >= 0.3 is 0 Å². The van der Waals surface area contributed by atoms with Crippen LogP contribution >= 0.6 is 0 Å². The van der Waals surface area contributed by atoms with Gasteiger partial charge in [0, 0.05) is 12.8 Å². The second kappa shape index (κ2) is 22.7. The van der Waals surface area contributed by atoms with Gasteiger partial charge in [-0.2, -0.15) is 0 Å². The normalized spacial score (nSPS) is 12.6. The second-order valence-electron chi connectivity index (χ2n) is 12.4. The van der Waals surface area contributed by atoms with E-state index in [-0.39, 0.29) is 24.8 Å². The summed E-state index contributed by atoms with van der Waals surface area (Å²) in [4.78, 5) is 0. The van der Waals surface area contributed by atoms with Gasteiger partial charge in [0.25, 0.3) is 0 Å². The summed E-state index contributed by atoms with van der Waals surface area (Å²) in [6, 6.07) is 11.9. The minimum atomic E-state index is 0. The largest absolute Gasteiger partial charge is 1.00 e. The minimum Gasteiger partial charge on any atom is -1.00 e. The molecule has 0 heterocycles. The molecule has 1 aromatic rings. The molecule has 0 aromatic heterocycles. The number of hydrogen-bond acceptors (Lipinski definition) is 0. The highest BCUT2D eigenvalue weighted by Gasteiger charge is 2.31. The molecule has 0 bridgehead atoms. The van der Waals surface area contributed by atoms with Crippen LogP contribution in [0.25, 0.3) is 0 Å². The van der Waals surface area contributed by atoms with Crippen LogP contribution in [0.3, 0.4) is 0 Å². The Morgan fingerprint density at radius 2 is 0.917 bits per heavy atom. The van der Waals surface area contributed by atoms with Crippen molar-refractivity contribution in [3.63, 3.8) is 0 Å². The number of para-hydroxylation sites is 1. The number of halogens is 2. The molecule has 1 unspecified atom stereocenters. The summed E-state index contributed by atoms with van der Waals surface area (Å²) >= 11 is 0. The predicted octanol–water partition coefficient (Wildman–Crippen LogP) is 3.38. The van der Waals surface area contributed by atoms with Gasteiger partial charge in [0.1, 0.15) is 5.69 Å². The lowest BCUT2D eigenvalue weighted by molar-refractivity contribution is -0.870. The van der Waals surface area contributed by atoms with E-state index in [1.165, 1.54) is 128 Å². The SMILES string of the molecule is CCCCCCCCCCCCCCCCCCC(CC[N+](C)(C)C)[N+](C)(C)c1ccccc1.[Cl-].[Cl-]. The van der Waals surface area contributed by atoms with Gasteiger partial charge in [0.15, 0.2) is 0 Å². The highest BCUT2D eigenvalue weighted by molar-refractivity contribution is 5.42. The molecule has 0 saturated heterocycles. The van der Waals surface area contributed by atoms with E-state index in [0.717, 1.165) is 8.97 Å². The first kappa shape index (κ1) is 37.9. The van der Waals surface area contributed by atoms with E-state index in [2.05, 4.69) is 72.5 Å². The Bertz CT molecular complexity index is 584. The lowest BCUT2D eigenvalue weighted by Gasteiger charge is -2.39. The van der Waals surface area contributed by atoms with Crippen molar-refractivity contribution >= 4 is 5.69 Å². The smallest absolute Gasteiger partial charge is 0.132 e. The number of quaternary nitrogens is 2. The number of benzene rings is 1. The highest BCUT2D eigenvalue weighted by Crippen LogP contribution is 2.27. The molecule has 0 aliphatic heterocycles. The van der Waals surface area contributed by atoms with Crippen LogP contribution in [0, 0.1) is 0 Å². The van der Waals surface area contributed by atoms with Crippen LogP contribution in [0.5, 0.6) is 0 Å². The van der Waals surface area contributed by atoms with Gasteiger partial charge in [-0.25, -0.2) is 0 Å². The molecule has 1 rings (SSSR count). The van der Waals surface area contributed by atoms with Crippen molar-refractivity contribution in [3.05, 3.63) is 30.3 Å². The van der Waals surface area contributed by atoms with Crippen molar-refractivity contribution in [2.24, 2.45) is 0 Å². The van der Waals surface area contributed by atoms with Crippen LogP contribution in [-0.4, -0.2) is 52.3 Å². The second-order valence-corrected chi connectivity index (χ2v) is 12.4. The molecule has 1 aromatic carbocycles. The third kappa shape index (κ3) is 18.9. The summed E-state index contributed by atoms with van der Waals surface area (Å²) in [6.45, 7) is 3.55. The van der Waals surface area contributed by atoms with E-state index in [9.17, 15) is 0 Å². The fourth-order valence-corrected chi connectivity index (χ4v) is 5.28. The van der Waals surface area contributed by atoms with Gasteiger partial charge in [-0.1, -0.05) is 121 Å². The predicted molar refractivity (Wildman–Crippen MR) is 156 cm³/mol. The Labute approximate surface area is 239 Å². The Morgan fingerprint density at radius 3 is 1.31 bits per heavy atom. The maximum Gasteiger partial charge on any atom is 0.132 e. The molecule has 0 saturated carbocycles. The fourth-order valence-electron chi connectivity index (χ4n) is 5.28. The van der Waals surface area contributed by atoms with Crippen molar-refractivity contribution in [1.82, 2.24) is 4.48 Å². The standard InChI is InChI=1S/C32H62N2.2ClH/c1-7-8-9-10-11-12-13-14-15-16-17-18-19-20-21-23-28-32(29-30-33(2,3)4)34(5,6)31-26-24-22-25-27-31;;/h22,24-27,32H,7-21,23,28-30H2,1-6H3;2*1H/q+2;;/p-2. The number of rotatable bonds is 22. The molecule has 0 radical (unpaired) electrons. The van der Waals surface area contributed by atoms with Crippen molar-refractivity contribution in [2.45, 2.75) is 129 Å². The maximum absolute atomic E-state index is 2.42. The molecule has 2 nitrogen and oxygen atoms in total. The molecule has 214 valence electrons. The van der Waals surface area contributed by atoms with Gasteiger partial charge in [-0.15, -0.1) is 0 Å². The van der Waals surface area contributed by atoms with Crippen molar-refractivity contribution in [3.8, 4) is 0 Å².